The smallest absolute Gasteiger partial charge is 0.241 e. The van der Waals surface area contributed by atoms with Crippen LogP contribution in [0, 0.1) is 6.92 Å². The van der Waals surface area contributed by atoms with E-state index in [0.29, 0.717) is 16.4 Å². The Bertz CT molecular complexity index is 587. The van der Waals surface area contributed by atoms with Gasteiger partial charge in [-0.2, -0.15) is 11.8 Å². The van der Waals surface area contributed by atoms with Crippen molar-refractivity contribution in [2.45, 2.75) is 55.4 Å². The zero-order valence-corrected chi connectivity index (χ0v) is 14.1. The first-order valence-corrected chi connectivity index (χ1v) is 9.99. The fraction of sp³-hybridized carbons (Fsp3) is 0.600. The molecule has 0 radical (unpaired) electrons. The number of aliphatic hydroxyl groups excluding tert-OH is 1. The number of hydrogen-bond acceptors (Lipinski definition) is 4. The average molecular weight is 329 g/mol. The number of hydrogen-bond donors (Lipinski definition) is 2. The molecule has 4 nitrogen and oxygen atoms in total. The highest BCUT2D eigenvalue weighted by Gasteiger charge is 2.27. The predicted octanol–water partition coefficient (Wildman–Crippen LogP) is 2.44. The Hall–Kier alpha value is -0.560. The van der Waals surface area contributed by atoms with Crippen molar-refractivity contribution >= 4 is 21.8 Å². The maximum atomic E-state index is 12.6. The number of thioether (sulfide) groups is 1. The second-order valence-electron chi connectivity index (χ2n) is 5.60. The topological polar surface area (TPSA) is 66.4 Å². The van der Waals surface area contributed by atoms with Gasteiger partial charge in [-0.3, -0.25) is 0 Å². The summed E-state index contributed by atoms with van der Waals surface area (Å²) >= 11 is 1.81. The van der Waals surface area contributed by atoms with Crippen molar-refractivity contribution in [3.05, 3.63) is 29.3 Å². The lowest BCUT2D eigenvalue weighted by atomic mass is 9.96. The molecule has 0 heterocycles. The molecule has 118 valence electrons. The quantitative estimate of drug-likeness (QED) is 0.871. The van der Waals surface area contributed by atoms with Gasteiger partial charge in [0, 0.05) is 11.3 Å². The van der Waals surface area contributed by atoms with Crippen LogP contribution in [0.4, 0.5) is 0 Å². The fourth-order valence-electron chi connectivity index (χ4n) is 2.78. The Balaban J connectivity index is 2.18. The molecular weight excluding hydrogens is 306 g/mol. The molecule has 1 aliphatic rings. The first-order chi connectivity index (χ1) is 9.96. The number of benzene rings is 1. The van der Waals surface area contributed by atoms with Crippen molar-refractivity contribution in [2.24, 2.45) is 0 Å². The van der Waals surface area contributed by atoms with Crippen LogP contribution in [0.25, 0.3) is 0 Å². The van der Waals surface area contributed by atoms with E-state index in [1.165, 1.54) is 6.42 Å². The maximum absolute atomic E-state index is 12.6. The minimum Gasteiger partial charge on any atom is -0.392 e. The van der Waals surface area contributed by atoms with Gasteiger partial charge in [-0.15, -0.1) is 0 Å². The molecule has 1 saturated carbocycles. The van der Waals surface area contributed by atoms with Gasteiger partial charge in [0.2, 0.25) is 10.0 Å². The Morgan fingerprint density at radius 1 is 1.38 bits per heavy atom. The van der Waals surface area contributed by atoms with E-state index in [2.05, 4.69) is 11.0 Å². The summed E-state index contributed by atoms with van der Waals surface area (Å²) in [5.74, 6) is 0. The lowest BCUT2D eigenvalue weighted by Crippen LogP contribution is -2.39. The molecule has 1 aromatic rings. The minimum atomic E-state index is -3.53. The second kappa shape index (κ2) is 7.13. The summed E-state index contributed by atoms with van der Waals surface area (Å²) < 4.78 is 28.0. The van der Waals surface area contributed by atoms with Crippen LogP contribution in [-0.4, -0.2) is 31.1 Å². The summed E-state index contributed by atoms with van der Waals surface area (Å²) in [6.07, 6.45) is 6.09. The molecule has 2 unspecified atom stereocenters. The molecule has 0 bridgehead atoms. The van der Waals surface area contributed by atoms with Crippen molar-refractivity contribution < 1.29 is 13.5 Å². The first kappa shape index (κ1) is 16.8. The first-order valence-electron chi connectivity index (χ1n) is 7.22. The number of sulfonamides is 1. The van der Waals surface area contributed by atoms with Crippen molar-refractivity contribution in [1.29, 1.82) is 0 Å². The molecule has 2 N–H and O–H groups in total. The number of rotatable bonds is 5. The van der Waals surface area contributed by atoms with Crippen LogP contribution < -0.4 is 4.72 Å². The minimum absolute atomic E-state index is 0.0124. The molecule has 0 aromatic heterocycles. The zero-order valence-electron chi connectivity index (χ0n) is 12.5. The van der Waals surface area contributed by atoms with Gasteiger partial charge in [-0.1, -0.05) is 18.6 Å². The van der Waals surface area contributed by atoms with Crippen LogP contribution in [-0.2, 0) is 16.6 Å². The van der Waals surface area contributed by atoms with Gasteiger partial charge in [0.25, 0.3) is 0 Å². The summed E-state index contributed by atoms with van der Waals surface area (Å²) in [5.41, 5.74) is 1.32. The van der Waals surface area contributed by atoms with Gasteiger partial charge >= 0.3 is 0 Å². The van der Waals surface area contributed by atoms with E-state index in [1.54, 1.807) is 25.1 Å². The lowest BCUT2D eigenvalue weighted by molar-refractivity contribution is 0.281. The molecule has 21 heavy (non-hydrogen) atoms. The summed E-state index contributed by atoms with van der Waals surface area (Å²) in [6.45, 7) is 1.63. The molecule has 0 spiro atoms. The van der Waals surface area contributed by atoms with E-state index in [-0.39, 0.29) is 17.5 Å². The van der Waals surface area contributed by atoms with Gasteiger partial charge in [0.05, 0.1) is 11.5 Å². The Morgan fingerprint density at radius 2 is 2.14 bits per heavy atom. The predicted molar refractivity (Wildman–Crippen MR) is 87.0 cm³/mol. The third-order valence-corrected chi connectivity index (χ3v) is 6.76. The van der Waals surface area contributed by atoms with Crippen molar-refractivity contribution in [3.63, 3.8) is 0 Å². The van der Waals surface area contributed by atoms with Crippen LogP contribution in [0.15, 0.2) is 23.1 Å². The monoisotopic (exact) mass is 329 g/mol. The van der Waals surface area contributed by atoms with E-state index < -0.39 is 10.0 Å². The summed E-state index contributed by atoms with van der Waals surface area (Å²) in [6, 6.07) is 5.06. The Labute approximate surface area is 131 Å². The van der Waals surface area contributed by atoms with Gasteiger partial charge in [0.15, 0.2) is 0 Å². The molecule has 0 amide bonds. The van der Waals surface area contributed by atoms with Crippen LogP contribution in [0.2, 0.25) is 0 Å². The third kappa shape index (κ3) is 4.22. The van der Waals surface area contributed by atoms with Gasteiger partial charge in [0.1, 0.15) is 0 Å². The fourth-order valence-corrected chi connectivity index (χ4v) is 5.19. The molecule has 1 fully saturated rings. The molecule has 1 aliphatic carbocycles. The van der Waals surface area contributed by atoms with Crippen LogP contribution in [0.3, 0.4) is 0 Å². The van der Waals surface area contributed by atoms with Gasteiger partial charge in [-0.25, -0.2) is 13.1 Å². The molecule has 0 saturated heterocycles. The Morgan fingerprint density at radius 3 is 2.81 bits per heavy atom. The highest BCUT2D eigenvalue weighted by Crippen LogP contribution is 2.28. The number of aliphatic hydroxyl groups is 1. The normalized spacial score (nSPS) is 23.2. The SMILES string of the molecule is CSC1CCCC(NS(=O)(=O)c2cc(CO)ccc2C)C1. The third-order valence-electron chi connectivity index (χ3n) is 4.01. The van der Waals surface area contributed by atoms with E-state index in [1.807, 2.05) is 11.8 Å². The van der Waals surface area contributed by atoms with E-state index in [0.717, 1.165) is 19.3 Å². The largest absolute Gasteiger partial charge is 0.392 e. The number of aryl methyl sites for hydroxylation is 1. The molecule has 1 aromatic carbocycles. The average Bonchev–Trinajstić information content (AvgIpc) is 2.47. The molecular formula is C15H23NO3S2. The molecule has 2 rings (SSSR count). The number of nitrogens with one attached hydrogen (secondary N) is 1. The Kier molecular flexibility index (Phi) is 5.71. The summed E-state index contributed by atoms with van der Waals surface area (Å²) in [4.78, 5) is 0.278. The molecule has 2 atom stereocenters. The highest BCUT2D eigenvalue weighted by atomic mass is 32.2. The van der Waals surface area contributed by atoms with E-state index in [4.69, 9.17) is 0 Å². The van der Waals surface area contributed by atoms with Crippen LogP contribution >= 0.6 is 11.8 Å². The highest BCUT2D eigenvalue weighted by molar-refractivity contribution is 7.99. The zero-order chi connectivity index (χ0) is 15.5. The summed E-state index contributed by atoms with van der Waals surface area (Å²) in [7, 11) is -3.53. The molecule has 6 heteroatoms. The van der Waals surface area contributed by atoms with Gasteiger partial charge < -0.3 is 5.11 Å². The van der Waals surface area contributed by atoms with E-state index in [9.17, 15) is 13.5 Å². The second-order valence-corrected chi connectivity index (χ2v) is 8.42. The standard InChI is InChI=1S/C15H23NO3S2/c1-11-6-7-12(10-17)8-15(11)21(18,19)16-13-4-3-5-14(9-13)20-2/h6-8,13-14,16-17H,3-5,9-10H2,1-2H3. The van der Waals surface area contributed by atoms with Crippen LogP contribution in [0.1, 0.15) is 36.8 Å². The van der Waals surface area contributed by atoms with Crippen molar-refractivity contribution in [3.8, 4) is 0 Å². The summed E-state index contributed by atoms with van der Waals surface area (Å²) in [5, 5.41) is 9.73. The lowest BCUT2D eigenvalue weighted by Gasteiger charge is -2.28. The maximum Gasteiger partial charge on any atom is 0.241 e. The van der Waals surface area contributed by atoms with Gasteiger partial charge in [-0.05, 0) is 49.6 Å². The van der Waals surface area contributed by atoms with Crippen LogP contribution in [0.5, 0.6) is 0 Å². The van der Waals surface area contributed by atoms with E-state index >= 15 is 0 Å². The van der Waals surface area contributed by atoms with Crippen molar-refractivity contribution in [2.75, 3.05) is 6.26 Å². The van der Waals surface area contributed by atoms with Crippen molar-refractivity contribution in [1.82, 2.24) is 4.72 Å². The molecule has 0 aliphatic heterocycles.